The van der Waals surface area contributed by atoms with Gasteiger partial charge in [-0.1, -0.05) is 18.2 Å². The zero-order valence-corrected chi connectivity index (χ0v) is 16.5. The van der Waals surface area contributed by atoms with E-state index in [1.165, 1.54) is 25.9 Å². The molecule has 0 amide bonds. The van der Waals surface area contributed by atoms with Crippen molar-refractivity contribution in [1.82, 2.24) is 10.2 Å². The third-order valence-electron chi connectivity index (χ3n) is 5.03. The van der Waals surface area contributed by atoms with Gasteiger partial charge in [-0.25, -0.2) is 0 Å². The van der Waals surface area contributed by atoms with Crippen LogP contribution in [-0.4, -0.2) is 55.9 Å². The van der Waals surface area contributed by atoms with Gasteiger partial charge in [-0.05, 0) is 65.1 Å². The molecule has 1 aliphatic heterocycles. The Morgan fingerprint density at radius 3 is 2.56 bits per heavy atom. The second kappa shape index (κ2) is 10.8. The van der Waals surface area contributed by atoms with Crippen LogP contribution in [0.25, 0.3) is 0 Å². The van der Waals surface area contributed by atoms with Gasteiger partial charge in [-0.15, -0.1) is 0 Å². The first-order valence-corrected chi connectivity index (χ1v) is 9.91. The van der Waals surface area contributed by atoms with E-state index in [-0.39, 0.29) is 0 Å². The minimum Gasteiger partial charge on any atom is -0.380 e. The highest BCUT2D eigenvalue weighted by molar-refractivity contribution is 5.43. The molecule has 142 valence electrons. The van der Waals surface area contributed by atoms with Crippen LogP contribution in [0.5, 0.6) is 0 Å². The Kier molecular flexibility index (Phi) is 8.73. The predicted octanol–water partition coefficient (Wildman–Crippen LogP) is 3.60. The van der Waals surface area contributed by atoms with Crippen molar-refractivity contribution in [3.05, 3.63) is 30.3 Å². The normalized spacial score (nSPS) is 20.8. The molecule has 0 aliphatic carbocycles. The molecule has 4 nitrogen and oxygen atoms in total. The van der Waals surface area contributed by atoms with Gasteiger partial charge in [0, 0.05) is 36.9 Å². The molecule has 0 radical (unpaired) electrons. The van der Waals surface area contributed by atoms with E-state index in [9.17, 15) is 0 Å². The molecule has 0 aromatic heterocycles. The van der Waals surface area contributed by atoms with Crippen molar-refractivity contribution in [2.75, 3.05) is 38.2 Å². The molecule has 1 heterocycles. The van der Waals surface area contributed by atoms with Crippen molar-refractivity contribution >= 4 is 5.69 Å². The summed E-state index contributed by atoms with van der Waals surface area (Å²) in [4.78, 5) is 2.60. The summed E-state index contributed by atoms with van der Waals surface area (Å²) in [7, 11) is 0. The minimum atomic E-state index is 0.320. The molecule has 2 N–H and O–H groups in total. The lowest BCUT2D eigenvalue weighted by Crippen LogP contribution is -2.33. The van der Waals surface area contributed by atoms with Crippen molar-refractivity contribution in [2.45, 2.75) is 58.7 Å². The molecule has 0 spiro atoms. The Balaban J connectivity index is 1.50. The zero-order valence-electron chi connectivity index (χ0n) is 16.5. The summed E-state index contributed by atoms with van der Waals surface area (Å²) in [6, 6.07) is 11.9. The topological polar surface area (TPSA) is 36.5 Å². The lowest BCUT2D eigenvalue weighted by Gasteiger charge is -2.22. The third-order valence-corrected chi connectivity index (χ3v) is 5.03. The number of anilines is 1. The number of ether oxygens (including phenoxy) is 1. The lowest BCUT2D eigenvalue weighted by molar-refractivity contribution is 0.127. The van der Waals surface area contributed by atoms with Crippen LogP contribution in [0.1, 0.15) is 40.5 Å². The SMILES string of the molecule is CC(CC1CCN(C(C)C)C1)NCCOCC(C)Nc1ccccc1. The van der Waals surface area contributed by atoms with Crippen LogP contribution in [0.15, 0.2) is 30.3 Å². The van der Waals surface area contributed by atoms with Gasteiger partial charge in [0.1, 0.15) is 0 Å². The van der Waals surface area contributed by atoms with Gasteiger partial charge in [0.2, 0.25) is 0 Å². The van der Waals surface area contributed by atoms with Gasteiger partial charge >= 0.3 is 0 Å². The van der Waals surface area contributed by atoms with Gasteiger partial charge in [0.15, 0.2) is 0 Å². The first-order valence-electron chi connectivity index (χ1n) is 9.91. The fourth-order valence-electron chi connectivity index (χ4n) is 3.61. The van der Waals surface area contributed by atoms with E-state index in [4.69, 9.17) is 4.74 Å². The Hall–Kier alpha value is -1.10. The van der Waals surface area contributed by atoms with E-state index in [0.29, 0.717) is 18.1 Å². The summed E-state index contributed by atoms with van der Waals surface area (Å²) in [6.45, 7) is 14.0. The van der Waals surface area contributed by atoms with Gasteiger partial charge in [0.05, 0.1) is 13.2 Å². The first kappa shape index (κ1) is 20.2. The monoisotopic (exact) mass is 347 g/mol. The van der Waals surface area contributed by atoms with Crippen molar-refractivity contribution in [2.24, 2.45) is 5.92 Å². The Bertz CT molecular complexity index is 465. The van der Waals surface area contributed by atoms with E-state index in [1.807, 2.05) is 18.2 Å². The van der Waals surface area contributed by atoms with Crippen LogP contribution in [-0.2, 0) is 4.74 Å². The predicted molar refractivity (Wildman–Crippen MR) is 107 cm³/mol. The first-order chi connectivity index (χ1) is 12.0. The maximum absolute atomic E-state index is 5.80. The Labute approximate surface area is 154 Å². The highest BCUT2D eigenvalue weighted by Crippen LogP contribution is 2.22. The molecule has 3 atom stereocenters. The summed E-state index contributed by atoms with van der Waals surface area (Å²) in [5.74, 6) is 0.848. The molecule has 2 rings (SSSR count). The van der Waals surface area contributed by atoms with Gasteiger partial charge in [-0.3, -0.25) is 0 Å². The standard InChI is InChI=1S/C21H37N3O/c1-17(2)24-12-10-20(15-24)14-18(3)22-11-13-25-16-19(4)23-21-8-6-5-7-9-21/h5-9,17-20,22-23H,10-16H2,1-4H3. The molecule has 0 saturated carbocycles. The number of hydrogen-bond acceptors (Lipinski definition) is 4. The van der Waals surface area contributed by atoms with Crippen molar-refractivity contribution in [1.29, 1.82) is 0 Å². The molecule has 0 bridgehead atoms. The van der Waals surface area contributed by atoms with Crippen LogP contribution in [0.2, 0.25) is 0 Å². The van der Waals surface area contributed by atoms with Crippen LogP contribution in [0.3, 0.4) is 0 Å². The Morgan fingerprint density at radius 1 is 1.12 bits per heavy atom. The quantitative estimate of drug-likeness (QED) is 0.600. The van der Waals surface area contributed by atoms with Gasteiger partial charge < -0.3 is 20.3 Å². The molecule has 4 heteroatoms. The van der Waals surface area contributed by atoms with Crippen molar-refractivity contribution < 1.29 is 4.74 Å². The van der Waals surface area contributed by atoms with Crippen molar-refractivity contribution in [3.8, 4) is 0 Å². The van der Waals surface area contributed by atoms with Crippen LogP contribution < -0.4 is 10.6 Å². The molecular weight excluding hydrogens is 310 g/mol. The fourth-order valence-corrected chi connectivity index (χ4v) is 3.61. The summed E-state index contributed by atoms with van der Waals surface area (Å²) in [6.07, 6.45) is 2.62. The number of nitrogens with one attached hydrogen (secondary N) is 2. The Morgan fingerprint density at radius 2 is 1.88 bits per heavy atom. The molecule has 3 unspecified atom stereocenters. The zero-order chi connectivity index (χ0) is 18.1. The lowest BCUT2D eigenvalue weighted by atomic mass is 10.00. The molecule has 1 saturated heterocycles. The van der Waals surface area contributed by atoms with E-state index >= 15 is 0 Å². The third kappa shape index (κ3) is 7.76. The fraction of sp³-hybridized carbons (Fsp3) is 0.714. The van der Waals surface area contributed by atoms with E-state index in [0.717, 1.165) is 31.4 Å². The van der Waals surface area contributed by atoms with Crippen molar-refractivity contribution in [3.63, 3.8) is 0 Å². The van der Waals surface area contributed by atoms with Crippen LogP contribution in [0.4, 0.5) is 5.69 Å². The number of likely N-dealkylation sites (tertiary alicyclic amines) is 1. The number of rotatable bonds is 11. The number of benzene rings is 1. The van der Waals surface area contributed by atoms with E-state index in [2.05, 4.69) is 55.4 Å². The molecule has 1 fully saturated rings. The largest absolute Gasteiger partial charge is 0.380 e. The average molecular weight is 348 g/mol. The highest BCUT2D eigenvalue weighted by atomic mass is 16.5. The molecular formula is C21H37N3O. The number of nitrogens with zero attached hydrogens (tertiary/aromatic N) is 1. The van der Waals surface area contributed by atoms with Crippen LogP contribution in [0, 0.1) is 5.92 Å². The van der Waals surface area contributed by atoms with E-state index in [1.54, 1.807) is 0 Å². The smallest absolute Gasteiger partial charge is 0.0665 e. The highest BCUT2D eigenvalue weighted by Gasteiger charge is 2.25. The molecule has 1 aromatic rings. The van der Waals surface area contributed by atoms with Gasteiger partial charge in [0.25, 0.3) is 0 Å². The maximum Gasteiger partial charge on any atom is 0.0665 e. The van der Waals surface area contributed by atoms with E-state index < -0.39 is 0 Å². The second-order valence-corrected chi connectivity index (χ2v) is 7.82. The summed E-state index contributed by atoms with van der Waals surface area (Å²) in [5.41, 5.74) is 1.15. The molecule has 25 heavy (non-hydrogen) atoms. The average Bonchev–Trinajstić information content (AvgIpc) is 3.04. The molecule has 1 aliphatic rings. The maximum atomic E-state index is 5.80. The number of hydrogen-bond donors (Lipinski definition) is 2. The van der Waals surface area contributed by atoms with Gasteiger partial charge in [-0.2, -0.15) is 0 Å². The van der Waals surface area contributed by atoms with Crippen LogP contribution >= 0.6 is 0 Å². The summed E-state index contributed by atoms with van der Waals surface area (Å²) in [5, 5.41) is 7.07. The second-order valence-electron chi connectivity index (χ2n) is 7.82. The number of para-hydroxylation sites is 1. The summed E-state index contributed by atoms with van der Waals surface area (Å²) < 4.78 is 5.80. The molecule has 1 aromatic carbocycles. The minimum absolute atomic E-state index is 0.320. The summed E-state index contributed by atoms with van der Waals surface area (Å²) >= 11 is 0.